The highest BCUT2D eigenvalue weighted by Crippen LogP contribution is 2.32. The topological polar surface area (TPSA) is 49.5 Å². The number of aryl methyl sites for hydroxylation is 1. The van der Waals surface area contributed by atoms with Gasteiger partial charge in [0.15, 0.2) is 0 Å². The fraction of sp³-hybridized carbons (Fsp3) is 0.533. The Morgan fingerprint density at radius 1 is 1.55 bits per heavy atom. The second kappa shape index (κ2) is 5.31. The van der Waals surface area contributed by atoms with Crippen LogP contribution in [0.3, 0.4) is 0 Å². The zero-order valence-electron chi connectivity index (χ0n) is 11.9. The van der Waals surface area contributed by atoms with Crippen LogP contribution in [0.4, 0.5) is 0 Å². The van der Waals surface area contributed by atoms with Gasteiger partial charge in [-0.1, -0.05) is 6.07 Å². The van der Waals surface area contributed by atoms with Crippen LogP contribution in [0.25, 0.3) is 10.8 Å². The van der Waals surface area contributed by atoms with Crippen molar-refractivity contribution in [2.24, 2.45) is 0 Å². The summed E-state index contributed by atoms with van der Waals surface area (Å²) in [6.45, 7) is 6.04. The lowest BCUT2D eigenvalue weighted by atomic mass is 10.0. The third-order valence-electron chi connectivity index (χ3n) is 4.21. The molecule has 20 heavy (non-hydrogen) atoms. The second-order valence-electron chi connectivity index (χ2n) is 5.68. The van der Waals surface area contributed by atoms with Gasteiger partial charge in [0.05, 0.1) is 17.2 Å². The molecule has 0 spiro atoms. The van der Waals surface area contributed by atoms with Gasteiger partial charge in [-0.3, -0.25) is 4.90 Å². The standard InChI is InChI=1S/C15H20N2O2S/c1-11-12(9-17-7-4-6-15(17,2)10-18)16-14(19-11)13-5-3-8-20-13/h3,5,8,18H,4,6-7,9-10H2,1-2H3. The van der Waals surface area contributed by atoms with Gasteiger partial charge in [0.1, 0.15) is 5.76 Å². The Labute approximate surface area is 123 Å². The van der Waals surface area contributed by atoms with Crippen LogP contribution < -0.4 is 0 Å². The van der Waals surface area contributed by atoms with Crippen LogP contribution >= 0.6 is 11.3 Å². The number of hydrogen-bond donors (Lipinski definition) is 1. The van der Waals surface area contributed by atoms with E-state index in [1.807, 2.05) is 24.4 Å². The molecule has 1 saturated heterocycles. The molecule has 1 unspecified atom stereocenters. The molecule has 0 amide bonds. The Hall–Kier alpha value is -1.17. The molecule has 4 nitrogen and oxygen atoms in total. The van der Waals surface area contributed by atoms with Crippen molar-refractivity contribution >= 4 is 11.3 Å². The average Bonchev–Trinajstić information content (AvgIpc) is 3.13. The second-order valence-corrected chi connectivity index (χ2v) is 6.63. The van der Waals surface area contributed by atoms with Crippen molar-refractivity contribution < 1.29 is 9.52 Å². The fourth-order valence-electron chi connectivity index (χ4n) is 2.79. The van der Waals surface area contributed by atoms with Gasteiger partial charge in [-0.05, 0) is 44.7 Å². The molecule has 2 aromatic heterocycles. The largest absolute Gasteiger partial charge is 0.440 e. The van der Waals surface area contributed by atoms with E-state index in [1.54, 1.807) is 11.3 Å². The van der Waals surface area contributed by atoms with Gasteiger partial charge in [-0.2, -0.15) is 0 Å². The van der Waals surface area contributed by atoms with Crippen LogP contribution in [0.15, 0.2) is 21.9 Å². The molecule has 1 atom stereocenters. The van der Waals surface area contributed by atoms with Crippen molar-refractivity contribution in [3.63, 3.8) is 0 Å². The van der Waals surface area contributed by atoms with E-state index < -0.39 is 0 Å². The number of aliphatic hydroxyl groups is 1. The predicted molar refractivity (Wildman–Crippen MR) is 79.7 cm³/mol. The molecular weight excluding hydrogens is 272 g/mol. The van der Waals surface area contributed by atoms with Crippen LogP contribution in [0.5, 0.6) is 0 Å². The number of thiophene rings is 1. The molecule has 0 aromatic carbocycles. The zero-order chi connectivity index (χ0) is 14.2. The summed E-state index contributed by atoms with van der Waals surface area (Å²) >= 11 is 1.64. The van der Waals surface area contributed by atoms with Crippen LogP contribution in [-0.2, 0) is 6.54 Å². The van der Waals surface area contributed by atoms with E-state index in [4.69, 9.17) is 4.42 Å². The molecule has 3 rings (SSSR count). The molecule has 1 N–H and O–H groups in total. The van der Waals surface area contributed by atoms with E-state index in [0.29, 0.717) is 5.89 Å². The summed E-state index contributed by atoms with van der Waals surface area (Å²) in [6, 6.07) is 4.02. The van der Waals surface area contributed by atoms with Gasteiger partial charge < -0.3 is 9.52 Å². The number of rotatable bonds is 4. The van der Waals surface area contributed by atoms with E-state index in [0.717, 1.165) is 42.3 Å². The monoisotopic (exact) mass is 292 g/mol. The maximum Gasteiger partial charge on any atom is 0.236 e. The molecule has 0 bridgehead atoms. The van der Waals surface area contributed by atoms with Crippen molar-refractivity contribution in [1.82, 2.24) is 9.88 Å². The number of likely N-dealkylation sites (tertiary alicyclic amines) is 1. The van der Waals surface area contributed by atoms with Gasteiger partial charge in [0.2, 0.25) is 5.89 Å². The smallest absolute Gasteiger partial charge is 0.236 e. The number of aliphatic hydroxyl groups excluding tert-OH is 1. The number of aromatic nitrogens is 1. The highest BCUT2D eigenvalue weighted by molar-refractivity contribution is 7.13. The first-order chi connectivity index (χ1) is 9.62. The molecule has 1 aliphatic heterocycles. The summed E-state index contributed by atoms with van der Waals surface area (Å²) in [5.41, 5.74) is 0.865. The maximum atomic E-state index is 9.61. The fourth-order valence-corrected chi connectivity index (χ4v) is 3.44. The molecule has 108 valence electrons. The maximum absolute atomic E-state index is 9.61. The lowest BCUT2D eigenvalue weighted by Gasteiger charge is -2.32. The molecule has 5 heteroatoms. The van der Waals surface area contributed by atoms with Crippen molar-refractivity contribution in [2.75, 3.05) is 13.2 Å². The van der Waals surface area contributed by atoms with Crippen molar-refractivity contribution in [3.8, 4) is 10.8 Å². The normalized spacial score (nSPS) is 23.6. The SMILES string of the molecule is Cc1oc(-c2cccs2)nc1CN1CCCC1(C)CO. The summed E-state index contributed by atoms with van der Waals surface area (Å²) in [5.74, 6) is 1.58. The minimum Gasteiger partial charge on any atom is -0.440 e. The first-order valence-corrected chi connectivity index (χ1v) is 7.86. The summed E-state index contributed by atoms with van der Waals surface area (Å²) < 4.78 is 5.78. The van der Waals surface area contributed by atoms with E-state index in [2.05, 4.69) is 16.8 Å². The zero-order valence-corrected chi connectivity index (χ0v) is 12.7. The lowest BCUT2D eigenvalue weighted by Crippen LogP contribution is -2.43. The molecule has 0 aliphatic carbocycles. The van der Waals surface area contributed by atoms with Crippen molar-refractivity contribution in [1.29, 1.82) is 0 Å². The summed E-state index contributed by atoms with van der Waals surface area (Å²) in [6.07, 6.45) is 2.17. The Balaban J connectivity index is 1.81. The summed E-state index contributed by atoms with van der Waals surface area (Å²) in [4.78, 5) is 8.01. The molecule has 2 aromatic rings. The number of hydrogen-bond acceptors (Lipinski definition) is 5. The predicted octanol–water partition coefficient (Wildman–Crippen LogP) is 3.06. The first kappa shape index (κ1) is 13.8. The number of oxazole rings is 1. The molecule has 1 fully saturated rings. The van der Waals surface area contributed by atoms with E-state index in [9.17, 15) is 5.11 Å². The van der Waals surface area contributed by atoms with Crippen LogP contribution in [-0.4, -0.2) is 33.7 Å². The van der Waals surface area contributed by atoms with Crippen molar-refractivity contribution in [2.45, 2.75) is 38.8 Å². The first-order valence-electron chi connectivity index (χ1n) is 6.98. The Bertz CT molecular complexity index is 579. The van der Waals surface area contributed by atoms with E-state index >= 15 is 0 Å². The van der Waals surface area contributed by atoms with Crippen LogP contribution in [0.1, 0.15) is 31.2 Å². The van der Waals surface area contributed by atoms with Gasteiger partial charge in [-0.25, -0.2) is 4.98 Å². The lowest BCUT2D eigenvalue weighted by molar-refractivity contribution is 0.0722. The molecule has 3 heterocycles. The Morgan fingerprint density at radius 2 is 2.40 bits per heavy atom. The minimum absolute atomic E-state index is 0.117. The third kappa shape index (κ3) is 2.41. The summed E-state index contributed by atoms with van der Waals surface area (Å²) in [5, 5.41) is 11.6. The third-order valence-corrected chi connectivity index (χ3v) is 5.07. The highest BCUT2D eigenvalue weighted by atomic mass is 32.1. The molecule has 1 aliphatic rings. The van der Waals surface area contributed by atoms with Crippen LogP contribution in [0.2, 0.25) is 0 Å². The average molecular weight is 292 g/mol. The summed E-state index contributed by atoms with van der Waals surface area (Å²) in [7, 11) is 0. The molecule has 0 saturated carbocycles. The number of nitrogens with zero attached hydrogens (tertiary/aromatic N) is 2. The van der Waals surface area contributed by atoms with E-state index in [-0.39, 0.29) is 12.1 Å². The highest BCUT2D eigenvalue weighted by Gasteiger charge is 2.36. The molecular formula is C15H20N2O2S. The van der Waals surface area contributed by atoms with Gasteiger partial charge >= 0.3 is 0 Å². The van der Waals surface area contributed by atoms with Gasteiger partial charge in [0, 0.05) is 12.1 Å². The van der Waals surface area contributed by atoms with Gasteiger partial charge in [-0.15, -0.1) is 11.3 Å². The van der Waals surface area contributed by atoms with Crippen molar-refractivity contribution in [3.05, 3.63) is 29.0 Å². The van der Waals surface area contributed by atoms with Crippen LogP contribution in [0, 0.1) is 6.92 Å². The minimum atomic E-state index is -0.117. The Morgan fingerprint density at radius 3 is 3.10 bits per heavy atom. The molecule has 0 radical (unpaired) electrons. The quantitative estimate of drug-likeness (QED) is 0.941. The van der Waals surface area contributed by atoms with Gasteiger partial charge in [0.25, 0.3) is 0 Å². The Kier molecular flexibility index (Phi) is 3.67. The van der Waals surface area contributed by atoms with E-state index in [1.165, 1.54) is 0 Å².